The minimum atomic E-state index is -0.295. The third-order valence-corrected chi connectivity index (χ3v) is 4.96. The SMILES string of the molecule is C/C=C1\CC(=O)NC(C)C(C)(CC)N1OC(C)c1ccccc1. The Balaban J connectivity index is 2.35. The zero-order valence-electron chi connectivity index (χ0n) is 14.8. The first-order valence-electron chi connectivity index (χ1n) is 8.38. The van der Waals surface area contributed by atoms with E-state index in [1.54, 1.807) is 0 Å². The summed E-state index contributed by atoms with van der Waals surface area (Å²) >= 11 is 0. The Hall–Kier alpha value is -1.81. The highest BCUT2D eigenvalue weighted by Gasteiger charge is 2.42. The van der Waals surface area contributed by atoms with Crippen molar-refractivity contribution in [3.8, 4) is 0 Å². The molecule has 4 nitrogen and oxygen atoms in total. The van der Waals surface area contributed by atoms with Gasteiger partial charge in [0.15, 0.2) is 0 Å². The van der Waals surface area contributed by atoms with Crippen LogP contribution < -0.4 is 5.32 Å². The Morgan fingerprint density at radius 2 is 2.09 bits per heavy atom. The van der Waals surface area contributed by atoms with Gasteiger partial charge < -0.3 is 5.32 Å². The van der Waals surface area contributed by atoms with Gasteiger partial charge in [-0.25, -0.2) is 5.06 Å². The van der Waals surface area contributed by atoms with E-state index in [0.29, 0.717) is 6.42 Å². The van der Waals surface area contributed by atoms with Crippen molar-refractivity contribution >= 4 is 5.91 Å². The first kappa shape index (κ1) is 17.5. The summed E-state index contributed by atoms with van der Waals surface area (Å²) < 4.78 is 0. The molecule has 0 saturated carbocycles. The standard InChI is InChI=1S/C19H28N2O2/c1-6-17-13-18(22)20-15(4)19(5,7-2)21(17)23-14(3)16-11-9-8-10-12-16/h6,8-12,14-15H,7,13H2,1-5H3,(H,20,22)/b17-6+. The Kier molecular flexibility index (Phi) is 5.47. The first-order valence-corrected chi connectivity index (χ1v) is 8.38. The third kappa shape index (κ3) is 3.58. The second-order valence-electron chi connectivity index (χ2n) is 6.41. The van der Waals surface area contributed by atoms with E-state index in [0.717, 1.165) is 17.7 Å². The zero-order valence-corrected chi connectivity index (χ0v) is 14.8. The van der Waals surface area contributed by atoms with E-state index in [1.807, 2.05) is 50.1 Å². The van der Waals surface area contributed by atoms with Crippen LogP contribution in [0, 0.1) is 0 Å². The quantitative estimate of drug-likeness (QED) is 0.914. The Bertz CT molecular complexity index is 570. The highest BCUT2D eigenvalue weighted by Crippen LogP contribution is 2.35. The Labute approximate surface area is 139 Å². The van der Waals surface area contributed by atoms with Crippen LogP contribution in [-0.4, -0.2) is 22.6 Å². The lowest BCUT2D eigenvalue weighted by atomic mass is 9.90. The molecule has 0 aromatic heterocycles. The molecule has 0 aliphatic carbocycles. The van der Waals surface area contributed by atoms with Crippen molar-refractivity contribution in [1.29, 1.82) is 0 Å². The molecule has 1 aliphatic rings. The molecular formula is C19H28N2O2. The summed E-state index contributed by atoms with van der Waals surface area (Å²) in [5.74, 6) is 0.0451. The maximum Gasteiger partial charge on any atom is 0.226 e. The highest BCUT2D eigenvalue weighted by molar-refractivity contribution is 5.79. The van der Waals surface area contributed by atoms with Gasteiger partial charge in [0.1, 0.15) is 6.10 Å². The van der Waals surface area contributed by atoms with Gasteiger partial charge in [-0.3, -0.25) is 9.63 Å². The van der Waals surface area contributed by atoms with E-state index in [9.17, 15) is 4.79 Å². The van der Waals surface area contributed by atoms with E-state index in [-0.39, 0.29) is 23.6 Å². The predicted octanol–water partition coefficient (Wildman–Crippen LogP) is 3.96. The number of nitrogens with one attached hydrogen (secondary N) is 1. The van der Waals surface area contributed by atoms with E-state index in [1.165, 1.54) is 0 Å². The van der Waals surface area contributed by atoms with Crippen LogP contribution in [-0.2, 0) is 9.63 Å². The van der Waals surface area contributed by atoms with Crippen molar-refractivity contribution in [2.75, 3.05) is 0 Å². The Morgan fingerprint density at radius 1 is 1.43 bits per heavy atom. The number of rotatable bonds is 4. The number of hydrogen-bond acceptors (Lipinski definition) is 3. The smallest absolute Gasteiger partial charge is 0.226 e. The number of benzene rings is 1. The van der Waals surface area contributed by atoms with Crippen LogP contribution in [0.5, 0.6) is 0 Å². The molecular weight excluding hydrogens is 288 g/mol. The lowest BCUT2D eigenvalue weighted by Gasteiger charge is -2.45. The molecule has 23 heavy (non-hydrogen) atoms. The average Bonchev–Trinajstić information content (AvgIpc) is 2.65. The van der Waals surface area contributed by atoms with Crippen LogP contribution >= 0.6 is 0 Å². The molecule has 0 spiro atoms. The van der Waals surface area contributed by atoms with Gasteiger partial charge in [0, 0.05) is 5.70 Å². The number of nitrogens with zero attached hydrogens (tertiary/aromatic N) is 1. The molecule has 1 amide bonds. The second kappa shape index (κ2) is 7.18. The molecule has 1 aromatic rings. The fourth-order valence-electron chi connectivity index (χ4n) is 2.99. The maximum absolute atomic E-state index is 12.1. The van der Waals surface area contributed by atoms with Crippen molar-refractivity contribution in [1.82, 2.24) is 10.4 Å². The van der Waals surface area contributed by atoms with E-state index in [2.05, 4.69) is 31.3 Å². The van der Waals surface area contributed by atoms with Gasteiger partial charge in [-0.05, 0) is 39.7 Å². The molecule has 1 fully saturated rings. The van der Waals surface area contributed by atoms with Crippen molar-refractivity contribution in [2.45, 2.75) is 65.1 Å². The monoisotopic (exact) mass is 316 g/mol. The molecule has 126 valence electrons. The van der Waals surface area contributed by atoms with Crippen LogP contribution in [0.15, 0.2) is 42.1 Å². The molecule has 4 heteroatoms. The average molecular weight is 316 g/mol. The van der Waals surface area contributed by atoms with Crippen LogP contribution in [0.2, 0.25) is 0 Å². The molecule has 1 N–H and O–H groups in total. The number of allylic oxidation sites excluding steroid dienone is 1. The van der Waals surface area contributed by atoms with Crippen molar-refractivity contribution in [2.24, 2.45) is 0 Å². The number of amides is 1. The summed E-state index contributed by atoms with van der Waals surface area (Å²) in [5, 5.41) is 5.05. The molecule has 1 aromatic carbocycles. The van der Waals surface area contributed by atoms with E-state index >= 15 is 0 Å². The number of hydroxylamine groups is 2. The number of carbonyl (C=O) groups is 1. The van der Waals surface area contributed by atoms with Crippen molar-refractivity contribution < 1.29 is 9.63 Å². The molecule has 0 radical (unpaired) electrons. The molecule has 0 bridgehead atoms. The molecule has 1 aliphatic heterocycles. The van der Waals surface area contributed by atoms with Gasteiger partial charge in [0.05, 0.1) is 18.0 Å². The van der Waals surface area contributed by atoms with Crippen LogP contribution in [0.4, 0.5) is 0 Å². The number of carbonyl (C=O) groups excluding carboxylic acids is 1. The molecule has 1 heterocycles. The normalized spacial score (nSPS) is 28.4. The Morgan fingerprint density at radius 3 is 2.65 bits per heavy atom. The lowest BCUT2D eigenvalue weighted by Crippen LogP contribution is -2.56. The molecule has 3 atom stereocenters. The minimum Gasteiger partial charge on any atom is -0.351 e. The molecule has 2 rings (SSSR count). The first-order chi connectivity index (χ1) is 10.9. The van der Waals surface area contributed by atoms with E-state index < -0.39 is 0 Å². The topological polar surface area (TPSA) is 41.6 Å². The zero-order chi connectivity index (χ0) is 17.0. The predicted molar refractivity (Wildman–Crippen MR) is 92.5 cm³/mol. The van der Waals surface area contributed by atoms with Gasteiger partial charge in [0.25, 0.3) is 0 Å². The fourth-order valence-corrected chi connectivity index (χ4v) is 2.99. The summed E-state index contributed by atoms with van der Waals surface area (Å²) in [5.41, 5.74) is 1.74. The summed E-state index contributed by atoms with van der Waals surface area (Å²) in [6.45, 7) is 10.3. The van der Waals surface area contributed by atoms with E-state index in [4.69, 9.17) is 4.84 Å². The highest BCUT2D eigenvalue weighted by atomic mass is 16.7. The van der Waals surface area contributed by atoms with Crippen molar-refractivity contribution in [3.63, 3.8) is 0 Å². The van der Waals surface area contributed by atoms with Crippen molar-refractivity contribution in [3.05, 3.63) is 47.7 Å². The largest absolute Gasteiger partial charge is 0.351 e. The summed E-state index contributed by atoms with van der Waals surface area (Å²) in [6.07, 6.45) is 3.10. The van der Waals surface area contributed by atoms with Gasteiger partial charge in [-0.1, -0.05) is 43.3 Å². The van der Waals surface area contributed by atoms with Gasteiger partial charge >= 0.3 is 0 Å². The second-order valence-corrected chi connectivity index (χ2v) is 6.41. The van der Waals surface area contributed by atoms with Crippen LogP contribution in [0.1, 0.15) is 59.1 Å². The maximum atomic E-state index is 12.1. The van der Waals surface area contributed by atoms with Gasteiger partial charge in [0.2, 0.25) is 5.91 Å². The van der Waals surface area contributed by atoms with Crippen LogP contribution in [0.25, 0.3) is 0 Å². The van der Waals surface area contributed by atoms with Gasteiger partial charge in [-0.15, -0.1) is 0 Å². The lowest BCUT2D eigenvalue weighted by molar-refractivity contribution is -0.229. The molecule has 1 saturated heterocycles. The summed E-state index contributed by atoms with van der Waals surface area (Å²) in [4.78, 5) is 18.5. The number of hydrogen-bond donors (Lipinski definition) is 1. The third-order valence-electron chi connectivity index (χ3n) is 4.96. The fraction of sp³-hybridized carbons (Fsp3) is 0.526. The summed E-state index contributed by atoms with van der Waals surface area (Å²) in [6, 6.07) is 10.2. The summed E-state index contributed by atoms with van der Waals surface area (Å²) in [7, 11) is 0. The van der Waals surface area contributed by atoms with Gasteiger partial charge in [-0.2, -0.15) is 0 Å². The van der Waals surface area contributed by atoms with Crippen LogP contribution in [0.3, 0.4) is 0 Å². The minimum absolute atomic E-state index is 0.000392. The molecule has 3 unspecified atom stereocenters.